The minimum atomic E-state index is -0.999. The molecule has 40 heavy (non-hydrogen) atoms. The fourth-order valence-corrected chi connectivity index (χ4v) is 5.93. The Hall–Kier alpha value is -3.64. The molecule has 3 rings (SSSR count). The molecule has 0 spiro atoms. The second kappa shape index (κ2) is 12.3. The standard InChI is InChI=1S/C27H43N7O6/c1-26(2,3)40-25(39)33-18(13-30-9-6-8-28)24(38)34-14-16-21(27(16,4)5)19(34)12-20(35)32-17(22(29)36)11-15-7-10-31-23(15)37/h6,8-9,15-19,21,28,30H,7,10-14H2,1-5H3,(H2,29,36)(H,31,37)(H,32,35)(H,33,39)/b9-6-,28-8?/t15-,16-,17-,18-,19+,21-/m0/s1. The van der Waals surface area contributed by atoms with Crippen molar-refractivity contribution >= 4 is 35.9 Å². The molecule has 2 heterocycles. The largest absolute Gasteiger partial charge is 0.444 e. The molecule has 3 aliphatic rings. The zero-order chi connectivity index (χ0) is 29.8. The highest BCUT2D eigenvalue weighted by Crippen LogP contribution is 2.65. The molecule has 13 heteroatoms. The van der Waals surface area contributed by atoms with Gasteiger partial charge in [0.1, 0.15) is 17.7 Å². The van der Waals surface area contributed by atoms with E-state index in [0.29, 0.717) is 19.5 Å². The highest BCUT2D eigenvalue weighted by Gasteiger charge is 2.67. The van der Waals surface area contributed by atoms with E-state index in [1.54, 1.807) is 25.7 Å². The number of piperidine rings is 1. The van der Waals surface area contributed by atoms with Gasteiger partial charge in [-0.05, 0) is 63.1 Å². The Morgan fingerprint density at radius 2 is 1.93 bits per heavy atom. The number of nitrogens with one attached hydrogen (secondary N) is 5. The average molecular weight is 562 g/mol. The van der Waals surface area contributed by atoms with Crippen LogP contribution in [0.25, 0.3) is 0 Å². The Bertz CT molecular complexity index is 1050. The van der Waals surface area contributed by atoms with Crippen LogP contribution < -0.4 is 27.0 Å². The first kappa shape index (κ1) is 30.9. The van der Waals surface area contributed by atoms with Gasteiger partial charge in [-0.3, -0.25) is 19.2 Å². The van der Waals surface area contributed by atoms with E-state index in [2.05, 4.69) is 35.1 Å². The van der Waals surface area contributed by atoms with Crippen LogP contribution in [-0.4, -0.2) is 84.2 Å². The first-order chi connectivity index (χ1) is 18.7. The van der Waals surface area contributed by atoms with Gasteiger partial charge in [-0.25, -0.2) is 4.79 Å². The summed E-state index contributed by atoms with van der Waals surface area (Å²) in [5.74, 6) is -1.82. The number of amides is 5. The number of hydrogen-bond donors (Lipinski definition) is 6. The molecule has 222 valence electrons. The first-order valence-corrected chi connectivity index (χ1v) is 13.7. The molecular weight excluding hydrogens is 518 g/mol. The Morgan fingerprint density at radius 1 is 1.23 bits per heavy atom. The molecule has 1 saturated carbocycles. The lowest BCUT2D eigenvalue weighted by Gasteiger charge is -2.34. The van der Waals surface area contributed by atoms with Gasteiger partial charge in [-0.2, -0.15) is 0 Å². The number of nitrogens with zero attached hydrogens (tertiary/aromatic N) is 1. The number of nitrogens with two attached hydrogens (primary N) is 1. The van der Waals surface area contributed by atoms with Gasteiger partial charge in [0.15, 0.2) is 0 Å². The fourth-order valence-electron chi connectivity index (χ4n) is 5.93. The molecule has 2 saturated heterocycles. The number of carbonyl (C=O) groups excluding carboxylic acids is 5. The second-order valence-electron chi connectivity index (χ2n) is 12.4. The molecule has 0 aromatic rings. The summed E-state index contributed by atoms with van der Waals surface area (Å²) in [6.07, 6.45) is 3.91. The van der Waals surface area contributed by atoms with E-state index in [9.17, 15) is 24.0 Å². The minimum Gasteiger partial charge on any atom is -0.444 e. The zero-order valence-electron chi connectivity index (χ0n) is 23.9. The van der Waals surface area contributed by atoms with Crippen molar-refractivity contribution in [2.24, 2.45) is 28.9 Å². The van der Waals surface area contributed by atoms with Crippen molar-refractivity contribution in [1.82, 2.24) is 26.2 Å². The van der Waals surface area contributed by atoms with Crippen molar-refractivity contribution in [3.05, 3.63) is 12.3 Å². The van der Waals surface area contributed by atoms with Crippen LogP contribution in [0, 0.1) is 28.6 Å². The van der Waals surface area contributed by atoms with Gasteiger partial charge in [0, 0.05) is 44.2 Å². The van der Waals surface area contributed by atoms with Crippen LogP contribution in [0.1, 0.15) is 53.9 Å². The van der Waals surface area contributed by atoms with Crippen LogP contribution in [0.15, 0.2) is 12.3 Å². The molecule has 6 atom stereocenters. The third-order valence-corrected chi connectivity index (χ3v) is 8.01. The predicted molar refractivity (Wildman–Crippen MR) is 147 cm³/mol. The summed E-state index contributed by atoms with van der Waals surface area (Å²) < 4.78 is 5.35. The highest BCUT2D eigenvalue weighted by atomic mass is 16.6. The Balaban J connectivity index is 1.73. The molecule has 5 amide bonds. The number of likely N-dealkylation sites (tertiary alicyclic amines) is 1. The van der Waals surface area contributed by atoms with Gasteiger partial charge < -0.3 is 42.0 Å². The minimum absolute atomic E-state index is 0.0444. The quantitative estimate of drug-likeness (QED) is 0.180. The number of alkyl carbamates (subject to hydrolysis) is 1. The predicted octanol–water partition coefficient (Wildman–Crippen LogP) is 0.00197. The number of hydrogen-bond acceptors (Lipinski definition) is 8. The smallest absolute Gasteiger partial charge is 0.408 e. The third kappa shape index (κ3) is 7.51. The van der Waals surface area contributed by atoms with Crippen molar-refractivity contribution in [1.29, 1.82) is 5.41 Å². The highest BCUT2D eigenvalue weighted by molar-refractivity contribution is 5.90. The van der Waals surface area contributed by atoms with Crippen molar-refractivity contribution in [2.75, 3.05) is 19.6 Å². The number of primary amides is 1. The Kier molecular flexibility index (Phi) is 9.47. The van der Waals surface area contributed by atoms with Gasteiger partial charge in [0.05, 0.1) is 0 Å². The summed E-state index contributed by atoms with van der Waals surface area (Å²) in [5, 5.41) is 18.1. The van der Waals surface area contributed by atoms with Crippen LogP contribution in [0.3, 0.4) is 0 Å². The average Bonchev–Trinajstić information content (AvgIpc) is 3.14. The molecule has 2 aliphatic heterocycles. The maximum Gasteiger partial charge on any atom is 0.408 e. The second-order valence-corrected chi connectivity index (χ2v) is 12.4. The van der Waals surface area contributed by atoms with Crippen molar-refractivity contribution in [3.8, 4) is 0 Å². The summed E-state index contributed by atoms with van der Waals surface area (Å²) in [6, 6.07) is -2.44. The monoisotopic (exact) mass is 561 g/mol. The molecule has 0 radical (unpaired) electrons. The van der Waals surface area contributed by atoms with Crippen molar-refractivity contribution < 1.29 is 28.7 Å². The van der Waals surface area contributed by atoms with E-state index in [0.717, 1.165) is 6.21 Å². The summed E-state index contributed by atoms with van der Waals surface area (Å²) in [7, 11) is 0. The van der Waals surface area contributed by atoms with Crippen LogP contribution in [-0.2, 0) is 23.9 Å². The number of ether oxygens (including phenoxy) is 1. The molecule has 0 unspecified atom stereocenters. The molecule has 0 bridgehead atoms. The SMILES string of the molecule is CC(C)(C)OC(=O)N[C@@H](CN/C=C\C=N)C(=O)N1C[C@H]2[C@@H]([C@H]1CC(=O)N[C@@H](C[C@@H]1CCNC1=O)C(N)=O)C2(C)C. The van der Waals surface area contributed by atoms with Crippen LogP contribution in [0.5, 0.6) is 0 Å². The van der Waals surface area contributed by atoms with Gasteiger partial charge in [0.25, 0.3) is 0 Å². The molecule has 1 aliphatic carbocycles. The first-order valence-electron chi connectivity index (χ1n) is 13.7. The number of fused-ring (bicyclic) bond motifs is 1. The van der Waals surface area contributed by atoms with Gasteiger partial charge >= 0.3 is 6.09 Å². The van der Waals surface area contributed by atoms with E-state index in [4.69, 9.17) is 15.9 Å². The van der Waals surface area contributed by atoms with Gasteiger partial charge in [-0.1, -0.05) is 13.8 Å². The number of rotatable bonds is 12. The lowest BCUT2D eigenvalue weighted by molar-refractivity contribution is -0.137. The van der Waals surface area contributed by atoms with E-state index >= 15 is 0 Å². The zero-order valence-corrected chi connectivity index (χ0v) is 23.9. The van der Waals surface area contributed by atoms with Gasteiger partial charge in [-0.15, -0.1) is 0 Å². The lowest BCUT2D eigenvalue weighted by atomic mass is 9.96. The molecule has 0 aromatic carbocycles. The van der Waals surface area contributed by atoms with Crippen molar-refractivity contribution in [2.45, 2.75) is 77.6 Å². The van der Waals surface area contributed by atoms with Crippen LogP contribution >= 0.6 is 0 Å². The van der Waals surface area contributed by atoms with Crippen LogP contribution in [0.4, 0.5) is 4.79 Å². The number of allylic oxidation sites excluding steroid dienone is 1. The normalized spacial score (nSPS) is 26.3. The molecule has 13 nitrogen and oxygen atoms in total. The Labute approximate surface area is 234 Å². The van der Waals surface area contributed by atoms with E-state index in [1.807, 2.05) is 0 Å². The molecule has 0 aromatic heterocycles. The maximum atomic E-state index is 13.8. The van der Waals surface area contributed by atoms with Crippen LogP contribution in [0.2, 0.25) is 0 Å². The molecule has 3 fully saturated rings. The lowest BCUT2D eigenvalue weighted by Crippen LogP contribution is -2.56. The summed E-state index contributed by atoms with van der Waals surface area (Å²) in [6.45, 7) is 10.3. The maximum absolute atomic E-state index is 13.8. The molecular formula is C27H43N7O6. The summed E-state index contributed by atoms with van der Waals surface area (Å²) in [4.78, 5) is 65.2. The summed E-state index contributed by atoms with van der Waals surface area (Å²) >= 11 is 0. The summed E-state index contributed by atoms with van der Waals surface area (Å²) in [5.41, 5.74) is 4.71. The Morgan fingerprint density at radius 3 is 2.50 bits per heavy atom. The fraction of sp³-hybridized carbons (Fsp3) is 0.704. The topological polar surface area (TPSA) is 196 Å². The van der Waals surface area contributed by atoms with E-state index in [-0.39, 0.29) is 48.5 Å². The van der Waals surface area contributed by atoms with E-state index in [1.165, 1.54) is 12.3 Å². The number of carbonyl (C=O) groups is 5. The van der Waals surface area contributed by atoms with E-state index < -0.39 is 47.6 Å². The van der Waals surface area contributed by atoms with Crippen molar-refractivity contribution in [3.63, 3.8) is 0 Å². The van der Waals surface area contributed by atoms with Gasteiger partial charge in [0.2, 0.25) is 23.6 Å². The third-order valence-electron chi connectivity index (χ3n) is 8.01. The molecule has 7 N–H and O–H groups in total.